The van der Waals surface area contributed by atoms with Crippen LogP contribution < -0.4 is 0 Å². The van der Waals surface area contributed by atoms with Crippen LogP contribution in [0.25, 0.3) is 0 Å². The highest BCUT2D eigenvalue weighted by Gasteiger charge is 2.40. The van der Waals surface area contributed by atoms with Crippen LogP contribution in [0.2, 0.25) is 0 Å². The largest absolute Gasteiger partial charge is 0.448 e. The van der Waals surface area contributed by atoms with Crippen LogP contribution in [0.1, 0.15) is 27.0 Å². The first-order valence-electron chi connectivity index (χ1n) is 13.3. The van der Waals surface area contributed by atoms with Crippen molar-refractivity contribution in [3.63, 3.8) is 0 Å². The zero-order valence-electron chi connectivity index (χ0n) is 22.5. The van der Waals surface area contributed by atoms with E-state index in [1.54, 1.807) is 30.3 Å². The fraction of sp³-hybridized carbons (Fsp3) is 0.206. The van der Waals surface area contributed by atoms with Crippen LogP contribution in [0.4, 0.5) is 0 Å². The predicted molar refractivity (Wildman–Crippen MR) is 153 cm³/mol. The lowest BCUT2D eigenvalue weighted by Gasteiger charge is -2.33. The lowest BCUT2D eigenvalue weighted by atomic mass is 10.0. The number of rotatable bonds is 16. The molecular formula is C34H32O7. The second kappa shape index (κ2) is 16.0. The molecule has 0 aliphatic rings. The third-order valence-electron chi connectivity index (χ3n) is 6.35. The first-order valence-corrected chi connectivity index (χ1v) is 13.3. The molecular weight excluding hydrogens is 520 g/mol. The summed E-state index contributed by atoms with van der Waals surface area (Å²) < 4.78 is 24.1. The Balaban J connectivity index is 1.64. The fourth-order valence-corrected chi connectivity index (χ4v) is 4.20. The highest BCUT2D eigenvalue weighted by molar-refractivity contribution is 5.90. The third-order valence-corrected chi connectivity index (χ3v) is 6.35. The van der Waals surface area contributed by atoms with Crippen molar-refractivity contribution < 1.29 is 33.3 Å². The zero-order valence-corrected chi connectivity index (χ0v) is 22.5. The number of ether oxygens (including phenoxy) is 4. The van der Waals surface area contributed by atoms with Crippen molar-refractivity contribution in [2.45, 2.75) is 44.2 Å². The Morgan fingerprint density at radius 3 is 1.29 bits per heavy atom. The van der Waals surface area contributed by atoms with Crippen LogP contribution in [-0.2, 0) is 48.4 Å². The Kier molecular flexibility index (Phi) is 11.5. The van der Waals surface area contributed by atoms with Gasteiger partial charge in [-0.1, -0.05) is 109 Å². The summed E-state index contributed by atoms with van der Waals surface area (Å²) in [5.41, 5.74) is 2.79. The summed E-state index contributed by atoms with van der Waals surface area (Å²) in [4.78, 5) is 37.9. The third kappa shape index (κ3) is 9.05. The molecule has 0 fully saturated rings. The van der Waals surface area contributed by atoms with Crippen molar-refractivity contribution >= 4 is 18.5 Å². The Hall–Kier alpha value is -4.43. The van der Waals surface area contributed by atoms with Gasteiger partial charge < -0.3 is 23.7 Å². The van der Waals surface area contributed by atoms with E-state index in [9.17, 15) is 14.4 Å². The minimum absolute atomic E-state index is 0.0776. The van der Waals surface area contributed by atoms with Crippen LogP contribution in [-0.4, -0.2) is 43.0 Å². The van der Waals surface area contributed by atoms with Crippen LogP contribution in [0.3, 0.4) is 0 Å². The summed E-state index contributed by atoms with van der Waals surface area (Å²) in [6, 6.07) is 36.4. The van der Waals surface area contributed by atoms with E-state index in [0.29, 0.717) is 12.6 Å². The van der Waals surface area contributed by atoms with Gasteiger partial charge in [-0.05, 0) is 28.8 Å². The zero-order chi connectivity index (χ0) is 28.7. The van der Waals surface area contributed by atoms with E-state index in [4.69, 9.17) is 18.9 Å². The number of hydrogen-bond acceptors (Lipinski definition) is 7. The maximum atomic E-state index is 13.0. The Labute approximate surface area is 239 Å². The number of carbonyl (C=O) groups is 3. The first-order chi connectivity index (χ1) is 20.2. The molecule has 0 aromatic heterocycles. The molecule has 210 valence electrons. The van der Waals surface area contributed by atoms with Crippen LogP contribution in [0.5, 0.6) is 0 Å². The van der Waals surface area contributed by atoms with Gasteiger partial charge in [0.05, 0.1) is 25.4 Å². The molecule has 41 heavy (non-hydrogen) atoms. The molecule has 0 saturated heterocycles. The molecule has 0 aliphatic carbocycles. The van der Waals surface area contributed by atoms with E-state index < -0.39 is 30.4 Å². The summed E-state index contributed by atoms with van der Waals surface area (Å²) in [5.74, 6) is -0.703. The van der Waals surface area contributed by atoms with Crippen LogP contribution in [0.15, 0.2) is 121 Å². The maximum absolute atomic E-state index is 13.0. The molecule has 0 saturated carbocycles. The first kappa shape index (κ1) is 29.6. The van der Waals surface area contributed by atoms with Gasteiger partial charge in [-0.15, -0.1) is 0 Å². The highest BCUT2D eigenvalue weighted by atomic mass is 16.6. The second-order valence-electron chi connectivity index (χ2n) is 9.29. The molecule has 4 rings (SSSR count). The molecule has 0 bridgehead atoms. The monoisotopic (exact) mass is 552 g/mol. The minimum Gasteiger partial charge on any atom is -0.448 e. The average Bonchev–Trinajstić information content (AvgIpc) is 3.04. The summed E-state index contributed by atoms with van der Waals surface area (Å²) >= 11 is 0. The van der Waals surface area contributed by atoms with Gasteiger partial charge in [0.1, 0.15) is 18.3 Å². The average molecular weight is 553 g/mol. The van der Waals surface area contributed by atoms with E-state index in [2.05, 4.69) is 0 Å². The van der Waals surface area contributed by atoms with Crippen molar-refractivity contribution in [2.75, 3.05) is 0 Å². The van der Waals surface area contributed by atoms with Crippen molar-refractivity contribution in [3.05, 3.63) is 144 Å². The molecule has 0 spiro atoms. The van der Waals surface area contributed by atoms with E-state index >= 15 is 0 Å². The van der Waals surface area contributed by atoms with Crippen LogP contribution >= 0.6 is 0 Å². The predicted octanol–water partition coefficient (Wildman–Crippen LogP) is 5.37. The van der Waals surface area contributed by atoms with Crippen molar-refractivity contribution in [1.82, 2.24) is 0 Å². The Morgan fingerprint density at radius 1 is 0.512 bits per heavy atom. The number of carbonyl (C=O) groups excluding carboxylic acids is 3. The molecule has 0 amide bonds. The van der Waals surface area contributed by atoms with Crippen molar-refractivity contribution in [2.24, 2.45) is 0 Å². The van der Waals surface area contributed by atoms with Gasteiger partial charge in [0.15, 0.2) is 18.7 Å². The minimum atomic E-state index is -1.39. The Morgan fingerprint density at radius 2 is 0.878 bits per heavy atom. The fourth-order valence-electron chi connectivity index (χ4n) is 4.20. The van der Waals surface area contributed by atoms with Gasteiger partial charge in [0.2, 0.25) is 0 Å². The summed E-state index contributed by atoms with van der Waals surface area (Å²) in [7, 11) is 0. The summed E-state index contributed by atoms with van der Waals surface area (Å²) in [5, 5.41) is 0. The van der Waals surface area contributed by atoms with Crippen LogP contribution in [0, 0.1) is 0 Å². The second-order valence-corrected chi connectivity index (χ2v) is 9.29. The molecule has 4 aromatic carbocycles. The Bertz CT molecular complexity index is 1330. The number of benzene rings is 4. The van der Waals surface area contributed by atoms with E-state index in [0.717, 1.165) is 16.7 Å². The van der Waals surface area contributed by atoms with Gasteiger partial charge in [0.25, 0.3) is 0 Å². The molecule has 0 unspecified atom stereocenters. The normalized spacial score (nSPS) is 13.9. The molecule has 7 nitrogen and oxygen atoms in total. The maximum Gasteiger partial charge on any atom is 0.338 e. The SMILES string of the molecule is O=C[C@H](OCc1ccccc1)[C@@H](OCc1ccccc1)[C@H](OCc1ccccc1)[C@H](C=O)OC(=O)c1ccccc1. The van der Waals surface area contributed by atoms with E-state index in [1.807, 2.05) is 91.0 Å². The summed E-state index contributed by atoms with van der Waals surface area (Å²) in [6.45, 7) is 0.304. The molecule has 0 radical (unpaired) electrons. The highest BCUT2D eigenvalue weighted by Crippen LogP contribution is 2.22. The number of aldehydes is 2. The van der Waals surface area contributed by atoms with E-state index in [-0.39, 0.29) is 25.4 Å². The molecule has 4 aromatic rings. The van der Waals surface area contributed by atoms with Gasteiger partial charge in [-0.25, -0.2) is 4.79 Å². The standard InChI is InChI=1S/C34H32O7/c35-21-30(38-23-26-13-5-1-6-14-26)32(39-24-27-15-7-2-8-16-27)33(40-25-28-17-9-3-10-18-28)31(22-36)41-34(37)29-19-11-4-12-20-29/h1-22,30-33H,23-25H2/t30-,31-,32+,33+/m0/s1. The lowest BCUT2D eigenvalue weighted by molar-refractivity contribution is -0.179. The smallest absolute Gasteiger partial charge is 0.338 e. The van der Waals surface area contributed by atoms with Gasteiger partial charge in [0, 0.05) is 0 Å². The van der Waals surface area contributed by atoms with Crippen molar-refractivity contribution in [1.29, 1.82) is 0 Å². The molecule has 4 atom stereocenters. The van der Waals surface area contributed by atoms with E-state index in [1.165, 1.54) is 0 Å². The van der Waals surface area contributed by atoms with Crippen molar-refractivity contribution in [3.8, 4) is 0 Å². The molecule has 0 N–H and O–H groups in total. The lowest BCUT2D eigenvalue weighted by Crippen LogP contribution is -2.51. The molecule has 0 heterocycles. The topological polar surface area (TPSA) is 88.1 Å². The quantitative estimate of drug-likeness (QED) is 0.136. The molecule has 7 heteroatoms. The summed E-state index contributed by atoms with van der Waals surface area (Å²) in [6.07, 6.45) is -3.69. The van der Waals surface area contributed by atoms with Gasteiger partial charge in [-0.3, -0.25) is 4.79 Å². The number of esters is 1. The number of hydrogen-bond donors (Lipinski definition) is 0. The van der Waals surface area contributed by atoms with Gasteiger partial charge in [-0.2, -0.15) is 0 Å². The van der Waals surface area contributed by atoms with Gasteiger partial charge >= 0.3 is 5.97 Å². The molecule has 0 aliphatic heterocycles.